The first-order chi connectivity index (χ1) is 14.7. The Kier molecular flexibility index (Phi) is 6.45. The number of carbonyl (C=O) groups excluding carboxylic acids is 1. The SMILES string of the molecule is COc1ccc(NC(=O)c2cccc(NS(=O)(=O)c3ccc(C)c(F)c3)c2)c(OC)c1. The van der Waals surface area contributed by atoms with Gasteiger partial charge in [-0.1, -0.05) is 12.1 Å². The first kappa shape index (κ1) is 22.1. The van der Waals surface area contributed by atoms with Crippen LogP contribution in [0.1, 0.15) is 15.9 Å². The second kappa shape index (κ2) is 9.05. The molecule has 0 spiro atoms. The number of aryl methyl sites for hydroxylation is 1. The predicted molar refractivity (Wildman–Crippen MR) is 116 cm³/mol. The van der Waals surface area contributed by atoms with Gasteiger partial charge in [0.05, 0.1) is 24.8 Å². The molecule has 1 amide bonds. The van der Waals surface area contributed by atoms with Crippen molar-refractivity contribution in [2.24, 2.45) is 0 Å². The van der Waals surface area contributed by atoms with Gasteiger partial charge in [-0.2, -0.15) is 0 Å². The molecule has 162 valence electrons. The molecule has 3 aromatic carbocycles. The van der Waals surface area contributed by atoms with Crippen molar-refractivity contribution in [1.82, 2.24) is 0 Å². The molecule has 7 nitrogen and oxygen atoms in total. The molecule has 31 heavy (non-hydrogen) atoms. The van der Waals surface area contributed by atoms with Gasteiger partial charge >= 0.3 is 0 Å². The monoisotopic (exact) mass is 444 g/mol. The number of hydrogen-bond acceptors (Lipinski definition) is 5. The van der Waals surface area contributed by atoms with E-state index in [1.807, 2.05) is 0 Å². The van der Waals surface area contributed by atoms with Crippen LogP contribution in [-0.2, 0) is 10.0 Å². The molecule has 0 aromatic heterocycles. The van der Waals surface area contributed by atoms with Crippen LogP contribution in [0.4, 0.5) is 15.8 Å². The molecule has 0 aliphatic carbocycles. The molecule has 0 saturated carbocycles. The van der Waals surface area contributed by atoms with Crippen LogP contribution in [0, 0.1) is 12.7 Å². The van der Waals surface area contributed by atoms with Crippen molar-refractivity contribution in [3.05, 3.63) is 77.6 Å². The molecular weight excluding hydrogens is 423 g/mol. The Morgan fingerprint density at radius 3 is 2.42 bits per heavy atom. The van der Waals surface area contributed by atoms with E-state index in [9.17, 15) is 17.6 Å². The molecule has 0 aliphatic heterocycles. The average Bonchev–Trinajstić information content (AvgIpc) is 2.75. The smallest absolute Gasteiger partial charge is 0.261 e. The number of sulfonamides is 1. The van der Waals surface area contributed by atoms with Crippen molar-refractivity contribution in [2.75, 3.05) is 24.3 Å². The summed E-state index contributed by atoms with van der Waals surface area (Å²) in [6, 6.07) is 14.5. The Hall–Kier alpha value is -3.59. The molecule has 9 heteroatoms. The minimum atomic E-state index is -4.03. The zero-order valence-corrected chi connectivity index (χ0v) is 17.9. The highest BCUT2D eigenvalue weighted by molar-refractivity contribution is 7.92. The highest BCUT2D eigenvalue weighted by atomic mass is 32.2. The second-order valence-corrected chi connectivity index (χ2v) is 8.30. The van der Waals surface area contributed by atoms with Gasteiger partial charge in [0, 0.05) is 17.3 Å². The summed E-state index contributed by atoms with van der Waals surface area (Å²) in [7, 11) is -1.04. The van der Waals surface area contributed by atoms with E-state index in [1.54, 1.807) is 25.1 Å². The van der Waals surface area contributed by atoms with Crippen LogP contribution in [-0.4, -0.2) is 28.5 Å². The molecule has 0 atom stereocenters. The fourth-order valence-corrected chi connectivity index (χ4v) is 3.84. The molecule has 0 bridgehead atoms. The van der Waals surface area contributed by atoms with Crippen molar-refractivity contribution < 1.29 is 27.1 Å². The third-order valence-corrected chi connectivity index (χ3v) is 5.87. The number of rotatable bonds is 7. The fourth-order valence-electron chi connectivity index (χ4n) is 2.78. The molecule has 3 rings (SSSR count). The van der Waals surface area contributed by atoms with Crippen molar-refractivity contribution in [3.63, 3.8) is 0 Å². The molecule has 3 aromatic rings. The largest absolute Gasteiger partial charge is 0.497 e. The number of ether oxygens (including phenoxy) is 2. The van der Waals surface area contributed by atoms with Gasteiger partial charge in [0.25, 0.3) is 15.9 Å². The summed E-state index contributed by atoms with van der Waals surface area (Å²) >= 11 is 0. The Bertz CT molecular complexity index is 1230. The molecule has 0 heterocycles. The number of halogens is 1. The van der Waals surface area contributed by atoms with E-state index < -0.39 is 21.7 Å². The fraction of sp³-hybridized carbons (Fsp3) is 0.136. The lowest BCUT2D eigenvalue weighted by molar-refractivity contribution is 0.102. The summed E-state index contributed by atoms with van der Waals surface area (Å²) in [5, 5.41) is 2.72. The molecule has 0 saturated heterocycles. The maximum atomic E-state index is 13.8. The van der Waals surface area contributed by atoms with E-state index in [4.69, 9.17) is 9.47 Å². The lowest BCUT2D eigenvalue weighted by Crippen LogP contribution is -2.15. The summed E-state index contributed by atoms with van der Waals surface area (Å²) in [5.74, 6) is -0.111. The Labute approximate surface area is 179 Å². The van der Waals surface area contributed by atoms with Gasteiger partial charge in [-0.25, -0.2) is 12.8 Å². The standard InChI is InChI=1S/C22H21FN2O5S/c1-14-7-9-18(13-19(14)23)31(27,28)25-16-6-4-5-15(11-16)22(26)24-20-10-8-17(29-2)12-21(20)30-3/h4-13,25H,1-3H3,(H,24,26). The highest BCUT2D eigenvalue weighted by Gasteiger charge is 2.17. The molecule has 2 N–H and O–H groups in total. The number of nitrogens with one attached hydrogen (secondary N) is 2. The summed E-state index contributed by atoms with van der Waals surface area (Å²) in [6.45, 7) is 1.54. The number of methoxy groups -OCH3 is 2. The van der Waals surface area contributed by atoms with Crippen molar-refractivity contribution in [2.45, 2.75) is 11.8 Å². The maximum Gasteiger partial charge on any atom is 0.261 e. The van der Waals surface area contributed by atoms with Crippen molar-refractivity contribution in [3.8, 4) is 11.5 Å². The number of carbonyl (C=O) groups is 1. The number of amides is 1. The Balaban J connectivity index is 1.81. The summed E-state index contributed by atoms with van der Waals surface area (Å²) in [4.78, 5) is 12.5. The minimum absolute atomic E-state index is 0.162. The molecule has 0 radical (unpaired) electrons. The lowest BCUT2D eigenvalue weighted by atomic mass is 10.2. The van der Waals surface area contributed by atoms with Crippen LogP contribution in [0.25, 0.3) is 0 Å². The molecule has 0 unspecified atom stereocenters. The normalized spacial score (nSPS) is 11.0. The Morgan fingerprint density at radius 1 is 0.968 bits per heavy atom. The van der Waals surface area contributed by atoms with Crippen LogP contribution >= 0.6 is 0 Å². The van der Waals surface area contributed by atoms with E-state index in [-0.39, 0.29) is 16.1 Å². The maximum absolute atomic E-state index is 13.8. The summed E-state index contributed by atoms with van der Waals surface area (Å²) in [5.41, 5.74) is 1.14. The Morgan fingerprint density at radius 2 is 1.74 bits per heavy atom. The molecular formula is C22H21FN2O5S. The zero-order valence-electron chi connectivity index (χ0n) is 17.1. The summed E-state index contributed by atoms with van der Waals surface area (Å²) < 4.78 is 51.7. The van der Waals surface area contributed by atoms with Gasteiger partial charge in [-0.3, -0.25) is 9.52 Å². The lowest BCUT2D eigenvalue weighted by Gasteiger charge is -2.13. The highest BCUT2D eigenvalue weighted by Crippen LogP contribution is 2.29. The van der Waals surface area contributed by atoms with E-state index in [0.717, 1.165) is 6.07 Å². The average molecular weight is 444 g/mol. The quantitative estimate of drug-likeness (QED) is 0.570. The molecule has 0 aliphatic rings. The van der Waals surface area contributed by atoms with Gasteiger partial charge in [-0.15, -0.1) is 0 Å². The van der Waals surface area contributed by atoms with Crippen molar-refractivity contribution >= 4 is 27.3 Å². The van der Waals surface area contributed by atoms with E-state index in [0.29, 0.717) is 22.7 Å². The third kappa shape index (κ3) is 5.13. The van der Waals surface area contributed by atoms with Crippen LogP contribution in [0.3, 0.4) is 0 Å². The van der Waals surface area contributed by atoms with Crippen LogP contribution in [0.5, 0.6) is 11.5 Å². The van der Waals surface area contributed by atoms with Gasteiger partial charge < -0.3 is 14.8 Å². The third-order valence-electron chi connectivity index (χ3n) is 4.49. The van der Waals surface area contributed by atoms with E-state index in [2.05, 4.69) is 10.0 Å². The van der Waals surface area contributed by atoms with Crippen molar-refractivity contribution in [1.29, 1.82) is 0 Å². The number of anilines is 2. The topological polar surface area (TPSA) is 93.7 Å². The minimum Gasteiger partial charge on any atom is -0.497 e. The first-order valence-corrected chi connectivity index (χ1v) is 10.6. The summed E-state index contributed by atoms with van der Waals surface area (Å²) in [6.07, 6.45) is 0. The first-order valence-electron chi connectivity index (χ1n) is 9.16. The zero-order chi connectivity index (χ0) is 22.6. The van der Waals surface area contributed by atoms with Gasteiger partial charge in [-0.05, 0) is 55.0 Å². The predicted octanol–water partition coefficient (Wildman–Crippen LogP) is 4.20. The second-order valence-electron chi connectivity index (χ2n) is 6.62. The van der Waals surface area contributed by atoms with Gasteiger partial charge in [0.1, 0.15) is 17.3 Å². The van der Waals surface area contributed by atoms with E-state index in [1.165, 1.54) is 50.6 Å². The van der Waals surface area contributed by atoms with Crippen LogP contribution in [0.15, 0.2) is 65.6 Å². The van der Waals surface area contributed by atoms with Crippen LogP contribution in [0.2, 0.25) is 0 Å². The number of benzene rings is 3. The number of hydrogen-bond donors (Lipinski definition) is 2. The van der Waals surface area contributed by atoms with Crippen LogP contribution < -0.4 is 19.5 Å². The van der Waals surface area contributed by atoms with E-state index >= 15 is 0 Å². The van der Waals surface area contributed by atoms with Gasteiger partial charge in [0.15, 0.2) is 0 Å². The molecule has 0 fully saturated rings. The van der Waals surface area contributed by atoms with Gasteiger partial charge in [0.2, 0.25) is 0 Å².